The van der Waals surface area contributed by atoms with Gasteiger partial charge >= 0.3 is 0 Å². The minimum absolute atomic E-state index is 0.0253. The molecule has 88 valence electrons. The van der Waals surface area contributed by atoms with E-state index in [2.05, 4.69) is 35.6 Å². The van der Waals surface area contributed by atoms with Crippen molar-refractivity contribution >= 4 is 17.2 Å². The highest BCUT2D eigenvalue weighted by Gasteiger charge is 2.04. The smallest absolute Gasteiger partial charge is 0.234 e. The number of hydrogen-bond donors (Lipinski definition) is 2. The van der Waals surface area contributed by atoms with Crippen LogP contribution in [0, 0.1) is 0 Å². The van der Waals surface area contributed by atoms with Gasteiger partial charge in [-0.1, -0.05) is 13.0 Å². The quantitative estimate of drug-likeness (QED) is 0.561. The van der Waals surface area contributed by atoms with E-state index in [-0.39, 0.29) is 5.91 Å². The first-order chi connectivity index (χ1) is 7.77. The largest absolute Gasteiger partial charge is 0.350 e. The third-order valence-corrected chi connectivity index (χ3v) is 3.20. The monoisotopic (exact) mass is 238 g/mol. The van der Waals surface area contributed by atoms with Crippen LogP contribution >= 0.6 is 11.3 Å². The molecule has 1 heterocycles. The summed E-state index contributed by atoms with van der Waals surface area (Å²) < 4.78 is 0. The lowest BCUT2D eigenvalue weighted by Crippen LogP contribution is -2.33. The summed E-state index contributed by atoms with van der Waals surface area (Å²) in [4.78, 5) is 12.7. The first-order valence-electron chi connectivity index (χ1n) is 5.41. The summed E-state index contributed by atoms with van der Waals surface area (Å²) in [5.74, 6) is 0.0253. The van der Waals surface area contributed by atoms with Crippen LogP contribution in [-0.2, 0) is 17.8 Å². The molecule has 0 fully saturated rings. The average Bonchev–Trinajstić information content (AvgIpc) is 2.74. The summed E-state index contributed by atoms with van der Waals surface area (Å²) in [7, 11) is 0. The number of amides is 1. The Bertz CT molecular complexity index is 347. The van der Waals surface area contributed by atoms with E-state index < -0.39 is 0 Å². The van der Waals surface area contributed by atoms with Crippen molar-refractivity contribution in [3.63, 3.8) is 0 Å². The molecule has 1 rings (SSSR count). The topological polar surface area (TPSA) is 41.1 Å². The van der Waals surface area contributed by atoms with Crippen molar-refractivity contribution in [2.75, 3.05) is 13.1 Å². The summed E-state index contributed by atoms with van der Waals surface area (Å²) in [5.41, 5.74) is 1.32. The average molecular weight is 238 g/mol. The molecule has 0 aliphatic carbocycles. The zero-order chi connectivity index (χ0) is 11.8. The minimum Gasteiger partial charge on any atom is -0.350 e. The number of carbonyl (C=O) groups excluding carboxylic acids is 1. The van der Waals surface area contributed by atoms with Gasteiger partial charge in [0.2, 0.25) is 5.91 Å². The van der Waals surface area contributed by atoms with Gasteiger partial charge in [-0.05, 0) is 23.4 Å². The number of nitrogens with one attached hydrogen (secondary N) is 2. The highest BCUT2D eigenvalue weighted by molar-refractivity contribution is 7.10. The third-order valence-electron chi connectivity index (χ3n) is 2.24. The van der Waals surface area contributed by atoms with Crippen LogP contribution in [0.4, 0.5) is 0 Å². The summed E-state index contributed by atoms with van der Waals surface area (Å²) in [6.07, 6.45) is 2.76. The standard InChI is InChI=1S/C12H18N2OS/c1-3-6-13-9-12(15)14-8-11-10(4-2)5-7-16-11/h3,5,7,13H,1,4,6,8-9H2,2H3,(H,14,15). The van der Waals surface area contributed by atoms with Gasteiger partial charge in [0.15, 0.2) is 0 Å². The maximum atomic E-state index is 11.4. The third kappa shape index (κ3) is 4.16. The fourth-order valence-electron chi connectivity index (χ4n) is 1.37. The minimum atomic E-state index is 0.0253. The Hall–Kier alpha value is -1.13. The van der Waals surface area contributed by atoms with E-state index in [1.165, 1.54) is 10.4 Å². The second-order valence-electron chi connectivity index (χ2n) is 3.42. The molecule has 0 saturated heterocycles. The number of rotatable bonds is 7. The molecule has 0 aliphatic rings. The molecule has 0 saturated carbocycles. The lowest BCUT2D eigenvalue weighted by Gasteiger charge is -2.05. The van der Waals surface area contributed by atoms with Crippen LogP contribution in [0.5, 0.6) is 0 Å². The van der Waals surface area contributed by atoms with E-state index in [0.29, 0.717) is 19.6 Å². The van der Waals surface area contributed by atoms with Gasteiger partial charge in [0, 0.05) is 11.4 Å². The Morgan fingerprint density at radius 3 is 3.12 bits per heavy atom. The van der Waals surface area contributed by atoms with Gasteiger partial charge in [-0.3, -0.25) is 4.79 Å². The molecule has 0 spiro atoms. The Balaban J connectivity index is 2.28. The molecule has 0 aliphatic heterocycles. The molecule has 4 heteroatoms. The van der Waals surface area contributed by atoms with Gasteiger partial charge in [0.05, 0.1) is 13.1 Å². The Kier molecular flexibility index (Phi) is 5.82. The normalized spacial score (nSPS) is 10.1. The number of hydrogen-bond acceptors (Lipinski definition) is 3. The van der Waals surface area contributed by atoms with E-state index >= 15 is 0 Å². The molecule has 0 atom stereocenters. The predicted octanol–water partition coefficient (Wildman–Crippen LogP) is 1.70. The van der Waals surface area contributed by atoms with Gasteiger partial charge in [-0.25, -0.2) is 0 Å². The highest BCUT2D eigenvalue weighted by Crippen LogP contribution is 2.16. The van der Waals surface area contributed by atoms with Crippen molar-refractivity contribution in [1.29, 1.82) is 0 Å². The van der Waals surface area contributed by atoms with Gasteiger partial charge in [0.25, 0.3) is 0 Å². The van der Waals surface area contributed by atoms with E-state index in [1.54, 1.807) is 17.4 Å². The summed E-state index contributed by atoms with van der Waals surface area (Å²) >= 11 is 1.69. The Morgan fingerprint density at radius 2 is 2.44 bits per heavy atom. The van der Waals surface area contributed by atoms with Crippen LogP contribution in [0.25, 0.3) is 0 Å². The maximum absolute atomic E-state index is 11.4. The van der Waals surface area contributed by atoms with Crippen molar-refractivity contribution < 1.29 is 4.79 Å². The Labute approximate surface area is 101 Å². The van der Waals surface area contributed by atoms with Crippen LogP contribution in [-0.4, -0.2) is 19.0 Å². The zero-order valence-corrected chi connectivity index (χ0v) is 10.4. The van der Waals surface area contributed by atoms with Crippen molar-refractivity contribution in [2.24, 2.45) is 0 Å². The van der Waals surface area contributed by atoms with Crippen molar-refractivity contribution in [2.45, 2.75) is 19.9 Å². The lowest BCUT2D eigenvalue weighted by molar-refractivity contribution is -0.120. The molecule has 0 bridgehead atoms. The SMILES string of the molecule is C=CCNCC(=O)NCc1sccc1CC. The molecular formula is C12H18N2OS. The first-order valence-corrected chi connectivity index (χ1v) is 6.29. The van der Waals surface area contributed by atoms with Crippen molar-refractivity contribution in [3.8, 4) is 0 Å². The molecular weight excluding hydrogens is 220 g/mol. The van der Waals surface area contributed by atoms with Crippen LogP contribution in [0.1, 0.15) is 17.4 Å². The number of carbonyl (C=O) groups is 1. The molecule has 3 nitrogen and oxygen atoms in total. The molecule has 0 unspecified atom stereocenters. The second kappa shape index (κ2) is 7.19. The van der Waals surface area contributed by atoms with Crippen LogP contribution in [0.3, 0.4) is 0 Å². The number of thiophene rings is 1. The molecule has 1 aromatic rings. The molecule has 1 amide bonds. The molecule has 16 heavy (non-hydrogen) atoms. The molecule has 0 aromatic carbocycles. The summed E-state index contributed by atoms with van der Waals surface area (Å²) in [5, 5.41) is 7.93. The lowest BCUT2D eigenvalue weighted by atomic mass is 10.2. The molecule has 0 radical (unpaired) electrons. The number of aryl methyl sites for hydroxylation is 1. The van der Waals surface area contributed by atoms with Crippen LogP contribution in [0.2, 0.25) is 0 Å². The maximum Gasteiger partial charge on any atom is 0.234 e. The van der Waals surface area contributed by atoms with Crippen LogP contribution in [0.15, 0.2) is 24.1 Å². The van der Waals surface area contributed by atoms with E-state index in [9.17, 15) is 4.79 Å². The first kappa shape index (κ1) is 12.9. The molecule has 1 aromatic heterocycles. The van der Waals surface area contributed by atoms with Crippen LogP contribution < -0.4 is 10.6 Å². The predicted molar refractivity (Wildman–Crippen MR) is 68.6 cm³/mol. The zero-order valence-electron chi connectivity index (χ0n) is 9.58. The van der Waals surface area contributed by atoms with E-state index in [0.717, 1.165) is 6.42 Å². The van der Waals surface area contributed by atoms with Gasteiger partial charge in [0.1, 0.15) is 0 Å². The van der Waals surface area contributed by atoms with Gasteiger partial charge in [-0.15, -0.1) is 17.9 Å². The highest BCUT2D eigenvalue weighted by atomic mass is 32.1. The van der Waals surface area contributed by atoms with Gasteiger partial charge < -0.3 is 10.6 Å². The Morgan fingerprint density at radius 1 is 1.62 bits per heavy atom. The summed E-state index contributed by atoms with van der Waals surface area (Å²) in [6.45, 7) is 7.34. The second-order valence-corrected chi connectivity index (χ2v) is 4.42. The van der Waals surface area contributed by atoms with Crippen molar-refractivity contribution in [1.82, 2.24) is 10.6 Å². The van der Waals surface area contributed by atoms with Gasteiger partial charge in [-0.2, -0.15) is 0 Å². The molecule has 2 N–H and O–H groups in total. The van der Waals surface area contributed by atoms with E-state index in [4.69, 9.17) is 0 Å². The van der Waals surface area contributed by atoms with Crippen molar-refractivity contribution in [3.05, 3.63) is 34.5 Å². The van der Waals surface area contributed by atoms with E-state index in [1.807, 2.05) is 0 Å². The fraction of sp³-hybridized carbons (Fsp3) is 0.417. The summed E-state index contributed by atoms with van der Waals surface area (Å²) in [6, 6.07) is 2.11. The fourth-order valence-corrected chi connectivity index (χ4v) is 2.28.